The molecule has 1 fully saturated rings. The largest absolute Gasteiger partial charge is 0.356 e. The molecule has 16 heavy (non-hydrogen) atoms. The highest BCUT2D eigenvalue weighted by Gasteiger charge is 2.32. The van der Waals surface area contributed by atoms with E-state index in [9.17, 15) is 9.59 Å². The number of unbranched alkanes of at least 4 members (excludes halogenated alkanes) is 1. The Kier molecular flexibility index (Phi) is 5.29. The Hall–Kier alpha value is -1.06. The van der Waals surface area contributed by atoms with Gasteiger partial charge in [0.15, 0.2) is 0 Å². The van der Waals surface area contributed by atoms with Crippen LogP contribution in [-0.4, -0.2) is 24.9 Å². The van der Waals surface area contributed by atoms with E-state index in [1.807, 2.05) is 6.92 Å². The number of hydrogen-bond donors (Lipinski definition) is 2. The Balaban J connectivity index is 1.93. The van der Waals surface area contributed by atoms with E-state index in [1.54, 1.807) is 0 Å². The van der Waals surface area contributed by atoms with E-state index in [0.29, 0.717) is 12.5 Å². The smallest absolute Gasteiger partial charge is 0.223 e. The quantitative estimate of drug-likeness (QED) is 0.638. The molecule has 1 aliphatic carbocycles. The highest BCUT2D eigenvalue weighted by molar-refractivity contribution is 5.78. The Bertz CT molecular complexity index is 249. The molecule has 1 saturated carbocycles. The van der Waals surface area contributed by atoms with Crippen molar-refractivity contribution in [1.29, 1.82) is 0 Å². The summed E-state index contributed by atoms with van der Waals surface area (Å²) in [5.41, 5.74) is 0. The van der Waals surface area contributed by atoms with Gasteiger partial charge in [0.05, 0.1) is 0 Å². The van der Waals surface area contributed by atoms with Gasteiger partial charge in [-0.3, -0.25) is 9.59 Å². The van der Waals surface area contributed by atoms with Crippen LogP contribution in [0.4, 0.5) is 0 Å². The zero-order chi connectivity index (χ0) is 12.0. The molecule has 0 heterocycles. The highest BCUT2D eigenvalue weighted by atomic mass is 16.2. The molecule has 0 spiro atoms. The van der Waals surface area contributed by atoms with Crippen molar-refractivity contribution in [3.8, 4) is 0 Å². The monoisotopic (exact) mass is 226 g/mol. The second-order valence-corrected chi connectivity index (χ2v) is 4.61. The summed E-state index contributed by atoms with van der Waals surface area (Å²) in [6.45, 7) is 4.93. The molecule has 0 radical (unpaired) electrons. The van der Waals surface area contributed by atoms with E-state index in [4.69, 9.17) is 0 Å². The minimum atomic E-state index is 0.00592. The van der Waals surface area contributed by atoms with Crippen LogP contribution in [0.5, 0.6) is 0 Å². The standard InChI is InChI=1S/C12H22N2O2/c1-9(11-5-6-11)12(16)14-8-4-3-7-13-10(2)15/h9,11H,3-8H2,1-2H3,(H,13,15)(H,14,16). The normalized spacial score (nSPS) is 16.6. The molecule has 1 aliphatic rings. The first-order valence-electron chi connectivity index (χ1n) is 6.13. The van der Waals surface area contributed by atoms with Gasteiger partial charge in [-0.15, -0.1) is 0 Å². The zero-order valence-electron chi connectivity index (χ0n) is 10.2. The SMILES string of the molecule is CC(=O)NCCCCNC(=O)C(C)C1CC1. The molecule has 1 atom stereocenters. The summed E-state index contributed by atoms with van der Waals surface area (Å²) in [6, 6.07) is 0. The molecule has 0 bridgehead atoms. The van der Waals surface area contributed by atoms with Gasteiger partial charge in [0.25, 0.3) is 0 Å². The van der Waals surface area contributed by atoms with E-state index < -0.39 is 0 Å². The van der Waals surface area contributed by atoms with Crippen molar-refractivity contribution in [2.45, 2.75) is 39.5 Å². The molecule has 0 aliphatic heterocycles. The van der Waals surface area contributed by atoms with Crippen LogP contribution in [0.15, 0.2) is 0 Å². The van der Waals surface area contributed by atoms with Gasteiger partial charge in [0, 0.05) is 25.9 Å². The minimum Gasteiger partial charge on any atom is -0.356 e. The number of carbonyl (C=O) groups is 2. The summed E-state index contributed by atoms with van der Waals surface area (Å²) >= 11 is 0. The summed E-state index contributed by atoms with van der Waals surface area (Å²) in [5, 5.41) is 5.67. The minimum absolute atomic E-state index is 0.00592. The summed E-state index contributed by atoms with van der Waals surface area (Å²) in [4.78, 5) is 22.2. The third-order valence-electron chi connectivity index (χ3n) is 3.02. The first kappa shape index (κ1) is 13.0. The number of rotatable bonds is 7. The van der Waals surface area contributed by atoms with Crippen molar-refractivity contribution in [2.75, 3.05) is 13.1 Å². The van der Waals surface area contributed by atoms with Gasteiger partial charge in [-0.25, -0.2) is 0 Å². The van der Waals surface area contributed by atoms with Crippen LogP contribution < -0.4 is 10.6 Å². The lowest BCUT2D eigenvalue weighted by Gasteiger charge is -2.10. The van der Waals surface area contributed by atoms with Crippen molar-refractivity contribution >= 4 is 11.8 Å². The summed E-state index contributed by atoms with van der Waals surface area (Å²) in [6.07, 6.45) is 4.25. The maximum atomic E-state index is 11.6. The van der Waals surface area contributed by atoms with Crippen LogP contribution in [0.25, 0.3) is 0 Å². The summed E-state index contributed by atoms with van der Waals surface area (Å²) in [5.74, 6) is 0.989. The van der Waals surface area contributed by atoms with Crippen molar-refractivity contribution in [1.82, 2.24) is 10.6 Å². The fourth-order valence-corrected chi connectivity index (χ4v) is 1.70. The lowest BCUT2D eigenvalue weighted by molar-refractivity contribution is -0.125. The molecular formula is C12H22N2O2. The lowest BCUT2D eigenvalue weighted by atomic mass is 10.1. The predicted octanol–water partition coefficient (Wildman–Crippen LogP) is 1.06. The van der Waals surface area contributed by atoms with Gasteiger partial charge in [0.2, 0.25) is 11.8 Å². The maximum absolute atomic E-state index is 11.6. The molecular weight excluding hydrogens is 204 g/mol. The Labute approximate surface area is 97.2 Å². The van der Waals surface area contributed by atoms with Crippen molar-refractivity contribution in [3.63, 3.8) is 0 Å². The Morgan fingerprint density at radius 2 is 1.75 bits per heavy atom. The van der Waals surface area contributed by atoms with Crippen LogP contribution >= 0.6 is 0 Å². The first-order valence-corrected chi connectivity index (χ1v) is 6.13. The van der Waals surface area contributed by atoms with Gasteiger partial charge in [-0.05, 0) is 31.6 Å². The van der Waals surface area contributed by atoms with E-state index in [-0.39, 0.29) is 17.7 Å². The molecule has 0 saturated heterocycles. The highest BCUT2D eigenvalue weighted by Crippen LogP contribution is 2.36. The van der Waals surface area contributed by atoms with Crippen LogP contribution in [0.1, 0.15) is 39.5 Å². The molecule has 1 unspecified atom stereocenters. The maximum Gasteiger partial charge on any atom is 0.223 e. The third-order valence-corrected chi connectivity index (χ3v) is 3.02. The molecule has 0 aromatic heterocycles. The molecule has 4 heteroatoms. The first-order chi connectivity index (χ1) is 7.61. The van der Waals surface area contributed by atoms with Gasteiger partial charge in [-0.2, -0.15) is 0 Å². The van der Waals surface area contributed by atoms with Crippen molar-refractivity contribution in [2.24, 2.45) is 11.8 Å². The summed E-state index contributed by atoms with van der Waals surface area (Å²) in [7, 11) is 0. The van der Waals surface area contributed by atoms with Gasteiger partial charge in [-0.1, -0.05) is 6.92 Å². The molecule has 2 amide bonds. The van der Waals surface area contributed by atoms with Gasteiger partial charge >= 0.3 is 0 Å². The molecule has 2 N–H and O–H groups in total. The second-order valence-electron chi connectivity index (χ2n) is 4.61. The van der Waals surface area contributed by atoms with E-state index in [0.717, 1.165) is 19.4 Å². The number of carbonyl (C=O) groups excluding carboxylic acids is 2. The average Bonchev–Trinajstić information content (AvgIpc) is 3.05. The van der Waals surface area contributed by atoms with E-state index in [2.05, 4.69) is 10.6 Å². The fraction of sp³-hybridized carbons (Fsp3) is 0.833. The van der Waals surface area contributed by atoms with Crippen LogP contribution in [0.2, 0.25) is 0 Å². The predicted molar refractivity (Wildman–Crippen MR) is 62.8 cm³/mol. The third kappa shape index (κ3) is 5.14. The zero-order valence-corrected chi connectivity index (χ0v) is 10.2. The average molecular weight is 226 g/mol. The topological polar surface area (TPSA) is 58.2 Å². The number of nitrogens with one attached hydrogen (secondary N) is 2. The van der Waals surface area contributed by atoms with Crippen LogP contribution in [0, 0.1) is 11.8 Å². The molecule has 1 rings (SSSR count). The van der Waals surface area contributed by atoms with Crippen LogP contribution in [-0.2, 0) is 9.59 Å². The van der Waals surface area contributed by atoms with Gasteiger partial charge < -0.3 is 10.6 Å². The number of amides is 2. The van der Waals surface area contributed by atoms with E-state index in [1.165, 1.54) is 19.8 Å². The molecule has 4 nitrogen and oxygen atoms in total. The molecule has 92 valence electrons. The Morgan fingerprint density at radius 1 is 1.19 bits per heavy atom. The van der Waals surface area contributed by atoms with Crippen molar-refractivity contribution < 1.29 is 9.59 Å². The second kappa shape index (κ2) is 6.51. The molecule has 0 aromatic carbocycles. The fourth-order valence-electron chi connectivity index (χ4n) is 1.70. The van der Waals surface area contributed by atoms with Crippen LogP contribution in [0.3, 0.4) is 0 Å². The number of hydrogen-bond acceptors (Lipinski definition) is 2. The lowest BCUT2D eigenvalue weighted by Crippen LogP contribution is -2.31. The Morgan fingerprint density at radius 3 is 2.25 bits per heavy atom. The van der Waals surface area contributed by atoms with Gasteiger partial charge in [0.1, 0.15) is 0 Å². The summed E-state index contributed by atoms with van der Waals surface area (Å²) < 4.78 is 0. The molecule has 0 aromatic rings. The van der Waals surface area contributed by atoms with E-state index >= 15 is 0 Å². The van der Waals surface area contributed by atoms with Crippen molar-refractivity contribution in [3.05, 3.63) is 0 Å².